The minimum Gasteiger partial charge on any atom is -0.278 e. The lowest BCUT2D eigenvalue weighted by Crippen LogP contribution is -2.31. The first-order valence-corrected chi connectivity index (χ1v) is 10.4. The Bertz CT molecular complexity index is 1010. The van der Waals surface area contributed by atoms with Gasteiger partial charge in [-0.05, 0) is 16.7 Å². The second-order valence-electron chi connectivity index (χ2n) is 8.06. The molecular weight excluding hydrogens is 370 g/mol. The number of nitrogens with zero attached hydrogens (tertiary/aromatic N) is 1. The van der Waals surface area contributed by atoms with Gasteiger partial charge in [0, 0.05) is 11.8 Å². The maximum absolute atomic E-state index is 13.6. The maximum Gasteiger partial charge on any atom is 0.234 e. The summed E-state index contributed by atoms with van der Waals surface area (Å²) in [6, 6.07) is 29.9. The zero-order valence-electron chi connectivity index (χ0n) is 16.6. The van der Waals surface area contributed by atoms with Crippen LogP contribution in [0.5, 0.6) is 0 Å². The second-order valence-corrected chi connectivity index (χ2v) is 8.06. The summed E-state index contributed by atoms with van der Waals surface area (Å²) < 4.78 is 0. The van der Waals surface area contributed by atoms with Gasteiger partial charge in [0.2, 0.25) is 11.8 Å². The number of hydrogen-bond acceptors (Lipinski definition) is 2. The van der Waals surface area contributed by atoms with Gasteiger partial charge in [-0.2, -0.15) is 0 Å². The summed E-state index contributed by atoms with van der Waals surface area (Å²) in [5.41, 5.74) is 3.13. The van der Waals surface area contributed by atoms with Gasteiger partial charge in [-0.1, -0.05) is 103 Å². The number of carbonyl (C=O) groups is 2. The van der Waals surface area contributed by atoms with Gasteiger partial charge in [-0.3, -0.25) is 14.5 Å². The minimum atomic E-state index is -0.376. The molecule has 30 heavy (non-hydrogen) atoms. The number of hydrogen-bond donors (Lipinski definition) is 0. The summed E-state index contributed by atoms with van der Waals surface area (Å²) in [7, 11) is 0. The Kier molecular flexibility index (Phi) is 4.80. The van der Waals surface area contributed by atoms with Crippen molar-refractivity contribution in [3.63, 3.8) is 0 Å². The third kappa shape index (κ3) is 3.17. The van der Waals surface area contributed by atoms with Crippen molar-refractivity contribution in [2.24, 2.45) is 11.8 Å². The molecule has 1 heterocycles. The molecule has 3 nitrogen and oxygen atoms in total. The summed E-state index contributed by atoms with van der Waals surface area (Å²) in [6.45, 7) is 0.328. The molecule has 1 aliphatic heterocycles. The van der Waals surface area contributed by atoms with Crippen LogP contribution in [0, 0.1) is 11.8 Å². The molecule has 3 heteroatoms. The molecule has 0 saturated carbocycles. The molecular formula is C27H23NO2. The van der Waals surface area contributed by atoms with Crippen molar-refractivity contribution in [1.29, 1.82) is 0 Å². The lowest BCUT2D eigenvalue weighted by atomic mass is 9.68. The summed E-state index contributed by atoms with van der Waals surface area (Å²) in [5.74, 6) is -1.06. The quantitative estimate of drug-likeness (QED) is 0.466. The molecule has 0 spiro atoms. The van der Waals surface area contributed by atoms with Crippen LogP contribution in [-0.2, 0) is 16.1 Å². The van der Waals surface area contributed by atoms with Crippen molar-refractivity contribution in [3.05, 3.63) is 120 Å². The van der Waals surface area contributed by atoms with E-state index >= 15 is 0 Å². The minimum absolute atomic E-state index is 0.0620. The van der Waals surface area contributed by atoms with Crippen LogP contribution in [-0.4, -0.2) is 16.7 Å². The molecule has 3 aromatic rings. The molecule has 1 aliphatic carbocycles. The van der Waals surface area contributed by atoms with Crippen LogP contribution < -0.4 is 0 Å². The van der Waals surface area contributed by atoms with Gasteiger partial charge in [0.25, 0.3) is 0 Å². The Balaban J connectivity index is 1.57. The number of rotatable bonds is 4. The average Bonchev–Trinajstić information content (AvgIpc) is 3.06. The highest BCUT2D eigenvalue weighted by atomic mass is 16.2. The van der Waals surface area contributed by atoms with Crippen LogP contribution in [0.15, 0.2) is 103 Å². The Hall–Kier alpha value is -3.46. The van der Waals surface area contributed by atoms with Crippen molar-refractivity contribution in [1.82, 2.24) is 4.90 Å². The Morgan fingerprint density at radius 2 is 0.967 bits per heavy atom. The topological polar surface area (TPSA) is 37.4 Å². The van der Waals surface area contributed by atoms with Crippen LogP contribution in [0.1, 0.15) is 28.5 Å². The average molecular weight is 393 g/mol. The van der Waals surface area contributed by atoms with Gasteiger partial charge < -0.3 is 0 Å². The highest BCUT2D eigenvalue weighted by Crippen LogP contribution is 2.49. The lowest BCUT2D eigenvalue weighted by molar-refractivity contribution is -0.140. The van der Waals surface area contributed by atoms with Gasteiger partial charge >= 0.3 is 0 Å². The molecule has 2 amide bonds. The van der Waals surface area contributed by atoms with E-state index in [1.807, 2.05) is 91.0 Å². The van der Waals surface area contributed by atoms with Crippen LogP contribution in [0.4, 0.5) is 0 Å². The second kappa shape index (κ2) is 7.75. The van der Waals surface area contributed by atoms with Crippen molar-refractivity contribution in [3.8, 4) is 0 Å². The zero-order valence-corrected chi connectivity index (χ0v) is 16.6. The number of carbonyl (C=O) groups excluding carboxylic acids is 2. The third-order valence-electron chi connectivity index (χ3n) is 6.34. The van der Waals surface area contributed by atoms with Gasteiger partial charge in [0.05, 0.1) is 18.4 Å². The SMILES string of the molecule is O=C1[C@@H]2[C@H](C(=O)N1Cc1ccccc1)[C@@H](c1ccccc1)C=C[C@@H]2c1ccccc1. The number of fused-ring (bicyclic) bond motifs is 1. The Morgan fingerprint density at radius 1 is 0.567 bits per heavy atom. The number of benzene rings is 3. The van der Waals surface area contributed by atoms with E-state index in [2.05, 4.69) is 12.2 Å². The monoisotopic (exact) mass is 393 g/mol. The van der Waals surface area contributed by atoms with Crippen molar-refractivity contribution in [2.45, 2.75) is 18.4 Å². The van der Waals surface area contributed by atoms with E-state index in [1.54, 1.807) is 0 Å². The van der Waals surface area contributed by atoms with Crippen molar-refractivity contribution >= 4 is 11.8 Å². The molecule has 148 valence electrons. The van der Waals surface area contributed by atoms with E-state index in [0.29, 0.717) is 6.54 Å². The van der Waals surface area contributed by atoms with Gasteiger partial charge in [-0.25, -0.2) is 0 Å². The molecule has 3 aromatic carbocycles. The molecule has 1 saturated heterocycles. The number of allylic oxidation sites excluding steroid dienone is 2. The number of likely N-dealkylation sites (tertiary alicyclic amines) is 1. The summed E-state index contributed by atoms with van der Waals surface area (Å²) in [4.78, 5) is 28.6. The normalized spacial score (nSPS) is 25.4. The first-order valence-electron chi connectivity index (χ1n) is 10.4. The lowest BCUT2D eigenvalue weighted by Gasteiger charge is -2.32. The molecule has 0 unspecified atom stereocenters. The fourth-order valence-corrected chi connectivity index (χ4v) is 4.92. The molecule has 0 N–H and O–H groups in total. The van der Waals surface area contributed by atoms with Crippen LogP contribution in [0.2, 0.25) is 0 Å². The smallest absolute Gasteiger partial charge is 0.234 e. The molecule has 2 aliphatic rings. The van der Waals surface area contributed by atoms with E-state index in [4.69, 9.17) is 0 Å². The number of imide groups is 1. The Labute approximate surface area is 176 Å². The predicted octanol–water partition coefficient (Wildman–Crippen LogP) is 4.93. The highest BCUT2D eigenvalue weighted by molar-refractivity contribution is 6.06. The zero-order chi connectivity index (χ0) is 20.5. The third-order valence-corrected chi connectivity index (χ3v) is 6.34. The van der Waals surface area contributed by atoms with E-state index in [0.717, 1.165) is 16.7 Å². The fraction of sp³-hybridized carbons (Fsp3) is 0.185. The standard InChI is InChI=1S/C27H23NO2/c29-26-24-22(20-12-6-2-7-13-20)16-17-23(21-14-8-3-9-15-21)25(24)27(30)28(26)18-19-10-4-1-5-11-19/h1-17,22-25H,18H2/t22-,23-,24-,25+/m1/s1. The van der Waals surface area contributed by atoms with Gasteiger partial charge in [0.15, 0.2) is 0 Å². The van der Waals surface area contributed by atoms with Crippen LogP contribution in [0.3, 0.4) is 0 Å². The van der Waals surface area contributed by atoms with Crippen molar-refractivity contribution in [2.75, 3.05) is 0 Å². The maximum atomic E-state index is 13.6. The fourth-order valence-electron chi connectivity index (χ4n) is 4.92. The summed E-state index contributed by atoms with van der Waals surface area (Å²) in [5, 5.41) is 0. The van der Waals surface area contributed by atoms with E-state index in [9.17, 15) is 9.59 Å². The summed E-state index contributed by atoms with van der Waals surface area (Å²) >= 11 is 0. The summed E-state index contributed by atoms with van der Waals surface area (Å²) in [6.07, 6.45) is 4.26. The molecule has 5 rings (SSSR count). The first-order chi connectivity index (χ1) is 14.7. The van der Waals surface area contributed by atoms with Gasteiger partial charge in [0.1, 0.15) is 0 Å². The van der Waals surface area contributed by atoms with E-state index in [1.165, 1.54) is 4.90 Å². The largest absolute Gasteiger partial charge is 0.278 e. The van der Waals surface area contributed by atoms with Crippen LogP contribution in [0.25, 0.3) is 0 Å². The van der Waals surface area contributed by atoms with Crippen molar-refractivity contribution < 1.29 is 9.59 Å². The Morgan fingerprint density at radius 3 is 1.40 bits per heavy atom. The number of amides is 2. The van der Waals surface area contributed by atoms with Gasteiger partial charge in [-0.15, -0.1) is 0 Å². The molecule has 1 fully saturated rings. The first kappa shape index (κ1) is 18.6. The van der Waals surface area contributed by atoms with E-state index in [-0.39, 0.29) is 35.5 Å². The molecule has 0 radical (unpaired) electrons. The molecule has 0 aromatic heterocycles. The van der Waals surface area contributed by atoms with Crippen LogP contribution >= 0.6 is 0 Å². The predicted molar refractivity (Wildman–Crippen MR) is 116 cm³/mol. The van der Waals surface area contributed by atoms with E-state index < -0.39 is 0 Å². The molecule has 4 atom stereocenters. The molecule has 0 bridgehead atoms. The highest BCUT2D eigenvalue weighted by Gasteiger charge is 2.54.